The molecule has 0 aliphatic carbocycles. The van der Waals surface area contributed by atoms with Crippen LogP contribution < -0.4 is 10.1 Å². The van der Waals surface area contributed by atoms with Crippen molar-refractivity contribution in [1.82, 2.24) is 5.32 Å². The van der Waals surface area contributed by atoms with Gasteiger partial charge >= 0.3 is 0 Å². The maximum Gasteiger partial charge on any atom is 0.257 e. The number of amidine groups is 1. The van der Waals surface area contributed by atoms with Gasteiger partial charge in [-0.25, -0.2) is 0 Å². The number of thioether (sulfide) groups is 1. The maximum absolute atomic E-state index is 12.2. The van der Waals surface area contributed by atoms with E-state index in [2.05, 4.69) is 24.2 Å². The number of hydrogen-bond donors (Lipinski definition) is 1. The Labute approximate surface area is 131 Å². The van der Waals surface area contributed by atoms with Gasteiger partial charge < -0.3 is 10.1 Å². The number of aliphatic imine (C=N–C) groups is 1. The highest BCUT2D eigenvalue weighted by molar-refractivity contribution is 8.13. The summed E-state index contributed by atoms with van der Waals surface area (Å²) in [6.45, 7) is 7.47. The molecular weight excluding hydrogens is 284 g/mol. The van der Waals surface area contributed by atoms with E-state index < -0.39 is 0 Å². The van der Waals surface area contributed by atoms with Crippen molar-refractivity contribution in [2.45, 2.75) is 33.6 Å². The summed E-state index contributed by atoms with van der Waals surface area (Å²) in [6, 6.07) is 7.18. The highest BCUT2D eigenvalue weighted by Gasteiger charge is 2.09. The molecule has 0 fully saturated rings. The van der Waals surface area contributed by atoms with E-state index >= 15 is 0 Å². The Morgan fingerprint density at radius 1 is 1.19 bits per heavy atom. The first kappa shape index (κ1) is 17.6. The second-order valence-electron chi connectivity index (χ2n) is 4.45. The molecule has 1 amide bonds. The van der Waals surface area contributed by atoms with Crippen molar-refractivity contribution in [3.05, 3.63) is 29.8 Å². The molecule has 0 bridgehead atoms. The van der Waals surface area contributed by atoms with Gasteiger partial charge in [-0.15, -0.1) is 0 Å². The second kappa shape index (κ2) is 10.3. The van der Waals surface area contributed by atoms with Crippen molar-refractivity contribution < 1.29 is 9.53 Å². The van der Waals surface area contributed by atoms with Crippen molar-refractivity contribution in [2.24, 2.45) is 4.99 Å². The first-order chi connectivity index (χ1) is 10.2. The lowest BCUT2D eigenvalue weighted by molar-refractivity contribution is 0.0978. The average molecular weight is 308 g/mol. The zero-order valence-corrected chi connectivity index (χ0v) is 13.8. The van der Waals surface area contributed by atoms with Crippen molar-refractivity contribution >= 4 is 22.8 Å². The third kappa shape index (κ3) is 6.67. The molecule has 1 aromatic carbocycles. The SMILES string of the molecule is CCCOc1ccc(C(=O)NC(=NCC)SCCC)cc1. The molecule has 0 spiro atoms. The third-order valence-corrected chi connectivity index (χ3v) is 3.67. The number of nitrogens with zero attached hydrogens (tertiary/aromatic N) is 1. The van der Waals surface area contributed by atoms with Crippen LogP contribution >= 0.6 is 11.8 Å². The molecule has 1 aromatic rings. The van der Waals surface area contributed by atoms with Crippen LogP contribution in [0.3, 0.4) is 0 Å². The van der Waals surface area contributed by atoms with Crippen LogP contribution in [-0.2, 0) is 0 Å². The predicted octanol–water partition coefficient (Wildman–Crippen LogP) is 3.72. The Morgan fingerprint density at radius 3 is 2.48 bits per heavy atom. The smallest absolute Gasteiger partial charge is 0.257 e. The van der Waals surface area contributed by atoms with Crippen molar-refractivity contribution in [1.29, 1.82) is 0 Å². The van der Waals surface area contributed by atoms with Crippen LogP contribution in [0.25, 0.3) is 0 Å². The largest absolute Gasteiger partial charge is 0.494 e. The number of ether oxygens (including phenoxy) is 1. The molecular formula is C16H24N2O2S. The molecule has 116 valence electrons. The Kier molecular flexibility index (Phi) is 8.59. The van der Waals surface area contributed by atoms with E-state index in [1.54, 1.807) is 23.9 Å². The minimum Gasteiger partial charge on any atom is -0.494 e. The summed E-state index contributed by atoms with van der Waals surface area (Å²) in [5.74, 6) is 1.60. The van der Waals surface area contributed by atoms with Gasteiger partial charge in [0.15, 0.2) is 5.17 Å². The molecule has 0 saturated carbocycles. The molecule has 0 radical (unpaired) electrons. The normalized spacial score (nSPS) is 11.3. The fraction of sp³-hybridized carbons (Fsp3) is 0.500. The number of carbonyl (C=O) groups excluding carboxylic acids is 1. The quantitative estimate of drug-likeness (QED) is 0.617. The molecule has 0 heterocycles. The minimum absolute atomic E-state index is 0.132. The maximum atomic E-state index is 12.2. The van der Waals surface area contributed by atoms with E-state index in [0.717, 1.165) is 24.3 Å². The molecule has 0 aliphatic heterocycles. The molecule has 21 heavy (non-hydrogen) atoms. The summed E-state index contributed by atoms with van der Waals surface area (Å²) in [5, 5.41) is 3.56. The van der Waals surface area contributed by atoms with Gasteiger partial charge in [-0.3, -0.25) is 9.79 Å². The second-order valence-corrected chi connectivity index (χ2v) is 5.54. The predicted molar refractivity (Wildman–Crippen MR) is 90.4 cm³/mol. The van der Waals surface area contributed by atoms with E-state index in [9.17, 15) is 4.79 Å². The Hall–Kier alpha value is -1.49. The van der Waals surface area contributed by atoms with E-state index in [-0.39, 0.29) is 5.91 Å². The number of benzene rings is 1. The number of amides is 1. The van der Waals surface area contributed by atoms with Gasteiger partial charge in [0.05, 0.1) is 6.61 Å². The third-order valence-electron chi connectivity index (χ3n) is 2.55. The molecule has 5 heteroatoms. The molecule has 0 aromatic heterocycles. The first-order valence-electron chi connectivity index (χ1n) is 7.42. The Balaban J connectivity index is 2.62. The molecule has 0 unspecified atom stereocenters. The van der Waals surface area contributed by atoms with E-state index in [1.165, 1.54) is 0 Å². The number of hydrogen-bond acceptors (Lipinski definition) is 4. The Bertz CT molecular complexity index is 458. The molecule has 0 saturated heterocycles. The summed E-state index contributed by atoms with van der Waals surface area (Å²) in [6.07, 6.45) is 2.01. The highest BCUT2D eigenvalue weighted by atomic mass is 32.2. The summed E-state index contributed by atoms with van der Waals surface area (Å²) in [5.41, 5.74) is 0.611. The lowest BCUT2D eigenvalue weighted by Gasteiger charge is -2.09. The molecule has 0 atom stereocenters. The summed E-state index contributed by atoms with van der Waals surface area (Å²) in [7, 11) is 0. The van der Waals surface area contributed by atoms with Crippen LogP contribution in [-0.4, -0.2) is 30.0 Å². The van der Waals surface area contributed by atoms with Crippen molar-refractivity contribution in [2.75, 3.05) is 18.9 Å². The van der Waals surface area contributed by atoms with Crippen LogP contribution in [0, 0.1) is 0 Å². The topological polar surface area (TPSA) is 50.7 Å². The monoisotopic (exact) mass is 308 g/mol. The average Bonchev–Trinajstić information content (AvgIpc) is 2.51. The van der Waals surface area contributed by atoms with Gasteiger partial charge in [0.25, 0.3) is 5.91 Å². The van der Waals surface area contributed by atoms with Gasteiger partial charge in [-0.05, 0) is 44.0 Å². The van der Waals surface area contributed by atoms with E-state index in [1.807, 2.05) is 19.1 Å². The van der Waals surface area contributed by atoms with Crippen LogP contribution in [0.1, 0.15) is 44.0 Å². The molecule has 0 aliphatic rings. The first-order valence-corrected chi connectivity index (χ1v) is 8.41. The van der Waals surface area contributed by atoms with E-state index in [0.29, 0.717) is 23.9 Å². The van der Waals surface area contributed by atoms with Crippen LogP contribution in [0.4, 0.5) is 0 Å². The van der Waals surface area contributed by atoms with Gasteiger partial charge in [0.2, 0.25) is 0 Å². The molecule has 1 rings (SSSR count). The zero-order chi connectivity index (χ0) is 15.5. The summed E-state index contributed by atoms with van der Waals surface area (Å²) < 4.78 is 5.50. The summed E-state index contributed by atoms with van der Waals surface area (Å²) in [4.78, 5) is 16.5. The number of nitrogens with one attached hydrogen (secondary N) is 1. The lowest BCUT2D eigenvalue weighted by Crippen LogP contribution is -2.28. The fourth-order valence-electron chi connectivity index (χ4n) is 1.56. The van der Waals surface area contributed by atoms with Crippen LogP contribution in [0.15, 0.2) is 29.3 Å². The highest BCUT2D eigenvalue weighted by Crippen LogP contribution is 2.13. The van der Waals surface area contributed by atoms with Gasteiger partial charge in [-0.2, -0.15) is 0 Å². The van der Waals surface area contributed by atoms with Gasteiger partial charge in [0, 0.05) is 17.9 Å². The standard InChI is InChI=1S/C16H24N2O2S/c1-4-11-20-14-9-7-13(8-10-14)15(19)18-16(17-6-3)21-12-5-2/h7-10H,4-6,11-12H2,1-3H3,(H,17,18,19). The molecule has 4 nitrogen and oxygen atoms in total. The van der Waals surface area contributed by atoms with Crippen LogP contribution in [0.5, 0.6) is 5.75 Å². The summed E-state index contributed by atoms with van der Waals surface area (Å²) >= 11 is 1.58. The van der Waals surface area contributed by atoms with Gasteiger partial charge in [0.1, 0.15) is 5.75 Å². The van der Waals surface area contributed by atoms with Crippen molar-refractivity contribution in [3.63, 3.8) is 0 Å². The number of carbonyl (C=O) groups is 1. The van der Waals surface area contributed by atoms with E-state index in [4.69, 9.17) is 4.74 Å². The molecule has 1 N–H and O–H groups in total. The lowest BCUT2D eigenvalue weighted by atomic mass is 10.2. The van der Waals surface area contributed by atoms with Crippen LogP contribution in [0.2, 0.25) is 0 Å². The minimum atomic E-state index is -0.132. The fourth-order valence-corrected chi connectivity index (χ4v) is 2.34. The van der Waals surface area contributed by atoms with Crippen molar-refractivity contribution in [3.8, 4) is 5.75 Å². The zero-order valence-electron chi connectivity index (χ0n) is 13.0. The Morgan fingerprint density at radius 2 is 1.90 bits per heavy atom. The van der Waals surface area contributed by atoms with Gasteiger partial charge in [-0.1, -0.05) is 25.6 Å². The number of rotatable bonds is 7.